The van der Waals surface area contributed by atoms with E-state index in [0.717, 1.165) is 11.8 Å². The van der Waals surface area contributed by atoms with Gasteiger partial charge < -0.3 is 5.11 Å². The molecule has 0 bridgehead atoms. The number of thioether (sulfide) groups is 1. The molecule has 0 unspecified atom stereocenters. The van der Waals surface area contributed by atoms with E-state index in [1.807, 2.05) is 36.4 Å². The Kier molecular flexibility index (Phi) is 6.09. The molecular formula is C23H18N4O3S. The summed E-state index contributed by atoms with van der Waals surface area (Å²) in [7, 11) is 0. The average Bonchev–Trinajstić information content (AvgIpc) is 2.78. The van der Waals surface area contributed by atoms with Crippen LogP contribution in [0.4, 0.5) is 0 Å². The lowest BCUT2D eigenvalue weighted by molar-refractivity contribution is -0.118. The van der Waals surface area contributed by atoms with Gasteiger partial charge in [-0.05, 0) is 42.0 Å². The Morgan fingerprint density at radius 3 is 2.65 bits per heavy atom. The van der Waals surface area contributed by atoms with Crippen LogP contribution in [-0.2, 0) is 4.79 Å². The van der Waals surface area contributed by atoms with Crippen LogP contribution in [0, 0.1) is 0 Å². The zero-order valence-electron chi connectivity index (χ0n) is 16.3. The molecule has 0 saturated heterocycles. The molecule has 0 aliphatic heterocycles. The van der Waals surface area contributed by atoms with Gasteiger partial charge in [0.25, 0.3) is 11.5 Å². The number of hydrogen-bond donors (Lipinski definition) is 2. The standard InChI is InChI=1S/C23H18N4O3S/c28-18-10-6-7-16(13-18)14-24-26-21(29)15-31-23-25-20-12-5-4-11-19(20)22(30)27(23)17-8-2-1-3-9-17/h1-14,28H,15H2,(H,26,29)/b24-14+. The highest BCUT2D eigenvalue weighted by Crippen LogP contribution is 2.21. The predicted molar refractivity (Wildman–Crippen MR) is 122 cm³/mol. The van der Waals surface area contributed by atoms with Crippen molar-refractivity contribution in [1.29, 1.82) is 0 Å². The highest BCUT2D eigenvalue weighted by Gasteiger charge is 2.14. The molecule has 1 heterocycles. The number of phenols is 1. The number of carbonyl (C=O) groups is 1. The van der Waals surface area contributed by atoms with Gasteiger partial charge in [-0.1, -0.05) is 54.2 Å². The Morgan fingerprint density at radius 2 is 1.84 bits per heavy atom. The summed E-state index contributed by atoms with van der Waals surface area (Å²) in [4.78, 5) is 30.0. The number of nitrogens with one attached hydrogen (secondary N) is 1. The lowest BCUT2D eigenvalue weighted by Crippen LogP contribution is -2.24. The van der Waals surface area contributed by atoms with Gasteiger partial charge in [-0.15, -0.1) is 0 Å². The van der Waals surface area contributed by atoms with E-state index in [1.165, 1.54) is 16.8 Å². The molecule has 1 amide bonds. The van der Waals surface area contributed by atoms with Crippen LogP contribution >= 0.6 is 11.8 Å². The molecule has 0 fully saturated rings. The summed E-state index contributed by atoms with van der Waals surface area (Å²) < 4.78 is 1.51. The monoisotopic (exact) mass is 430 g/mol. The maximum Gasteiger partial charge on any atom is 0.266 e. The first-order valence-electron chi connectivity index (χ1n) is 9.43. The topological polar surface area (TPSA) is 96.6 Å². The molecule has 0 spiro atoms. The Balaban J connectivity index is 1.55. The number of hydrazone groups is 1. The quantitative estimate of drug-likeness (QED) is 0.212. The van der Waals surface area contributed by atoms with E-state index in [-0.39, 0.29) is 23.0 Å². The van der Waals surface area contributed by atoms with Crippen LogP contribution in [0.1, 0.15) is 5.56 Å². The zero-order chi connectivity index (χ0) is 21.6. The predicted octanol–water partition coefficient (Wildman–Crippen LogP) is 3.33. The fourth-order valence-electron chi connectivity index (χ4n) is 2.96. The summed E-state index contributed by atoms with van der Waals surface area (Å²) in [5.41, 5.74) is 4.16. The molecule has 3 aromatic carbocycles. The molecule has 0 radical (unpaired) electrons. The largest absolute Gasteiger partial charge is 0.508 e. The number of rotatable bonds is 6. The Labute approximate surface area is 182 Å². The fourth-order valence-corrected chi connectivity index (χ4v) is 3.77. The summed E-state index contributed by atoms with van der Waals surface area (Å²) in [6.45, 7) is 0. The first kappa shape index (κ1) is 20.4. The van der Waals surface area contributed by atoms with Crippen molar-refractivity contribution in [3.8, 4) is 11.4 Å². The third-order valence-corrected chi connectivity index (χ3v) is 5.30. The third-order valence-electron chi connectivity index (χ3n) is 4.36. The summed E-state index contributed by atoms with van der Waals surface area (Å²) in [5.74, 6) is -0.204. The molecular weight excluding hydrogens is 412 g/mol. The average molecular weight is 430 g/mol. The van der Waals surface area contributed by atoms with Gasteiger partial charge in [0.15, 0.2) is 5.16 Å². The number of aromatic nitrogens is 2. The molecule has 4 aromatic rings. The number of nitrogens with zero attached hydrogens (tertiary/aromatic N) is 3. The molecule has 31 heavy (non-hydrogen) atoms. The molecule has 0 atom stereocenters. The van der Waals surface area contributed by atoms with Gasteiger partial charge in [-0.2, -0.15) is 5.10 Å². The number of fused-ring (bicyclic) bond motifs is 1. The van der Waals surface area contributed by atoms with E-state index < -0.39 is 0 Å². The van der Waals surface area contributed by atoms with Crippen molar-refractivity contribution in [1.82, 2.24) is 15.0 Å². The minimum absolute atomic E-state index is 0.0228. The minimum Gasteiger partial charge on any atom is -0.508 e. The summed E-state index contributed by atoms with van der Waals surface area (Å²) in [5, 5.41) is 14.3. The highest BCUT2D eigenvalue weighted by atomic mass is 32.2. The first-order valence-corrected chi connectivity index (χ1v) is 10.4. The highest BCUT2D eigenvalue weighted by molar-refractivity contribution is 7.99. The molecule has 0 saturated carbocycles. The number of carbonyl (C=O) groups excluding carboxylic acids is 1. The molecule has 7 nitrogen and oxygen atoms in total. The van der Waals surface area contributed by atoms with Crippen LogP contribution in [-0.4, -0.2) is 32.5 Å². The normalized spacial score (nSPS) is 11.1. The molecule has 1 aromatic heterocycles. The SMILES string of the molecule is O=C(CSc1nc2ccccc2c(=O)n1-c1ccccc1)N/N=C/c1cccc(O)c1. The van der Waals surface area contributed by atoms with Gasteiger partial charge >= 0.3 is 0 Å². The number of amides is 1. The van der Waals surface area contributed by atoms with Crippen molar-refractivity contribution in [2.24, 2.45) is 5.10 Å². The number of hydrogen-bond acceptors (Lipinski definition) is 6. The molecule has 4 rings (SSSR count). The van der Waals surface area contributed by atoms with Gasteiger partial charge in [0.1, 0.15) is 5.75 Å². The Bertz CT molecular complexity index is 1320. The van der Waals surface area contributed by atoms with Gasteiger partial charge in [-0.25, -0.2) is 10.4 Å². The third kappa shape index (κ3) is 4.81. The Hall–Kier alpha value is -3.91. The van der Waals surface area contributed by atoms with E-state index in [2.05, 4.69) is 15.5 Å². The molecule has 8 heteroatoms. The number of benzene rings is 3. The lowest BCUT2D eigenvalue weighted by atomic mass is 10.2. The second-order valence-electron chi connectivity index (χ2n) is 6.56. The van der Waals surface area contributed by atoms with Crippen LogP contribution in [0.2, 0.25) is 0 Å². The van der Waals surface area contributed by atoms with Crippen LogP contribution in [0.25, 0.3) is 16.6 Å². The van der Waals surface area contributed by atoms with Crippen molar-refractivity contribution in [3.05, 3.63) is 94.8 Å². The van der Waals surface area contributed by atoms with Crippen molar-refractivity contribution in [2.75, 3.05) is 5.75 Å². The van der Waals surface area contributed by atoms with Gasteiger partial charge in [0.2, 0.25) is 0 Å². The van der Waals surface area contributed by atoms with Crippen LogP contribution < -0.4 is 11.0 Å². The van der Waals surface area contributed by atoms with Crippen molar-refractivity contribution in [2.45, 2.75) is 5.16 Å². The first-order chi connectivity index (χ1) is 15.1. The van der Waals surface area contributed by atoms with E-state index >= 15 is 0 Å². The second-order valence-corrected chi connectivity index (χ2v) is 7.51. The summed E-state index contributed by atoms with van der Waals surface area (Å²) in [6.07, 6.45) is 1.44. The van der Waals surface area contributed by atoms with E-state index in [1.54, 1.807) is 36.4 Å². The van der Waals surface area contributed by atoms with Crippen molar-refractivity contribution in [3.63, 3.8) is 0 Å². The van der Waals surface area contributed by atoms with Crippen LogP contribution in [0.3, 0.4) is 0 Å². The zero-order valence-corrected chi connectivity index (χ0v) is 17.1. The molecule has 154 valence electrons. The number of phenolic OH excluding ortho intramolecular Hbond substituents is 1. The van der Waals surface area contributed by atoms with E-state index in [0.29, 0.717) is 27.3 Å². The molecule has 0 aliphatic carbocycles. The van der Waals surface area contributed by atoms with Crippen molar-refractivity contribution < 1.29 is 9.90 Å². The van der Waals surface area contributed by atoms with Gasteiger partial charge in [0, 0.05) is 0 Å². The number of aromatic hydroxyl groups is 1. The van der Waals surface area contributed by atoms with E-state index in [4.69, 9.17) is 0 Å². The lowest BCUT2D eigenvalue weighted by Gasteiger charge is -2.12. The smallest absolute Gasteiger partial charge is 0.266 e. The summed E-state index contributed by atoms with van der Waals surface area (Å²) in [6, 6.07) is 22.8. The molecule has 2 N–H and O–H groups in total. The van der Waals surface area contributed by atoms with Gasteiger partial charge in [-0.3, -0.25) is 14.2 Å². The fraction of sp³-hybridized carbons (Fsp3) is 0.0435. The second kappa shape index (κ2) is 9.27. The van der Waals surface area contributed by atoms with Crippen molar-refractivity contribution >= 4 is 34.8 Å². The Morgan fingerprint density at radius 1 is 1.06 bits per heavy atom. The number of para-hydroxylation sites is 2. The minimum atomic E-state index is -0.344. The maximum absolute atomic E-state index is 13.1. The van der Waals surface area contributed by atoms with E-state index in [9.17, 15) is 14.7 Å². The summed E-state index contributed by atoms with van der Waals surface area (Å²) >= 11 is 1.15. The van der Waals surface area contributed by atoms with Crippen LogP contribution in [0.15, 0.2) is 93.9 Å². The maximum atomic E-state index is 13.1. The molecule has 0 aliphatic rings. The van der Waals surface area contributed by atoms with Crippen LogP contribution in [0.5, 0.6) is 5.75 Å². The van der Waals surface area contributed by atoms with Gasteiger partial charge in [0.05, 0.1) is 28.6 Å².